The van der Waals surface area contributed by atoms with Crippen molar-refractivity contribution >= 4 is 18.2 Å². The Kier molecular flexibility index (Phi) is 4.35. The topological polar surface area (TPSA) is 34.0 Å². The van der Waals surface area contributed by atoms with Gasteiger partial charge in [-0.2, -0.15) is 0 Å². The van der Waals surface area contributed by atoms with Crippen LogP contribution in [0.1, 0.15) is 21.7 Å². The van der Waals surface area contributed by atoms with Gasteiger partial charge in [-0.25, -0.2) is 0 Å². The lowest BCUT2D eigenvalue weighted by Crippen LogP contribution is -2.27. The molecule has 22 heavy (non-hydrogen) atoms. The second kappa shape index (κ2) is 6.76. The van der Waals surface area contributed by atoms with Gasteiger partial charge in [0, 0.05) is 18.4 Å². The standard InChI is InChI=1S/C19H18N2O/c22-19(20-14-13-16-8-4-3-5-9-16)18-12-11-17-10-6-1-2-7-15-21(17)18/h1-12,15H,13-14H2,(H,20,22)/b2-1-,10-6-,15-7-. The van der Waals surface area contributed by atoms with Crippen molar-refractivity contribution in [3.8, 4) is 0 Å². The lowest BCUT2D eigenvalue weighted by atomic mass is 10.1. The number of rotatable bonds is 4. The fourth-order valence-corrected chi connectivity index (χ4v) is 2.43. The summed E-state index contributed by atoms with van der Waals surface area (Å²) in [6.45, 7) is 0.628. The van der Waals surface area contributed by atoms with E-state index in [9.17, 15) is 4.79 Å². The highest BCUT2D eigenvalue weighted by Gasteiger charge is 2.12. The van der Waals surface area contributed by atoms with Crippen LogP contribution in [0.4, 0.5) is 0 Å². The van der Waals surface area contributed by atoms with Gasteiger partial charge < -0.3 is 9.88 Å². The molecular formula is C19H18N2O. The van der Waals surface area contributed by atoms with Crippen LogP contribution in [0, 0.1) is 0 Å². The summed E-state index contributed by atoms with van der Waals surface area (Å²) in [5.74, 6) is -0.0511. The Morgan fingerprint density at radius 2 is 1.77 bits per heavy atom. The Morgan fingerprint density at radius 3 is 2.64 bits per heavy atom. The van der Waals surface area contributed by atoms with Crippen LogP contribution in [0.3, 0.4) is 0 Å². The minimum absolute atomic E-state index is 0.0511. The van der Waals surface area contributed by atoms with E-state index in [1.807, 2.05) is 71.5 Å². The smallest absolute Gasteiger partial charge is 0.268 e. The number of allylic oxidation sites excluding steroid dienone is 4. The van der Waals surface area contributed by atoms with Crippen molar-refractivity contribution < 1.29 is 4.79 Å². The van der Waals surface area contributed by atoms with Crippen molar-refractivity contribution in [3.05, 3.63) is 83.7 Å². The highest BCUT2D eigenvalue weighted by molar-refractivity contribution is 5.94. The first-order valence-electron chi connectivity index (χ1n) is 7.39. The normalized spacial score (nSPS) is 16.9. The molecule has 1 aliphatic rings. The first kappa shape index (κ1) is 14.1. The predicted molar refractivity (Wildman–Crippen MR) is 90.4 cm³/mol. The SMILES string of the molecule is O=C(NCCc1ccccc1)c1ccc2n1\C=C/C=C\C=C/2. The van der Waals surface area contributed by atoms with Gasteiger partial charge in [-0.05, 0) is 36.3 Å². The van der Waals surface area contributed by atoms with E-state index in [-0.39, 0.29) is 5.91 Å². The van der Waals surface area contributed by atoms with Gasteiger partial charge in [-0.1, -0.05) is 48.6 Å². The van der Waals surface area contributed by atoms with E-state index in [4.69, 9.17) is 0 Å². The molecule has 2 heterocycles. The van der Waals surface area contributed by atoms with Crippen LogP contribution in [-0.2, 0) is 6.42 Å². The number of benzene rings is 1. The van der Waals surface area contributed by atoms with Gasteiger partial charge in [-0.15, -0.1) is 0 Å². The van der Waals surface area contributed by atoms with E-state index in [1.54, 1.807) is 0 Å². The molecule has 1 amide bonds. The monoisotopic (exact) mass is 290 g/mol. The summed E-state index contributed by atoms with van der Waals surface area (Å²) in [6.07, 6.45) is 12.5. The second-order valence-corrected chi connectivity index (χ2v) is 5.09. The molecule has 0 aliphatic carbocycles. The molecular weight excluding hydrogens is 272 g/mol. The molecule has 1 N–H and O–H groups in total. The largest absolute Gasteiger partial charge is 0.350 e. The molecule has 0 unspecified atom stereocenters. The number of nitrogens with zero attached hydrogens (tertiary/aromatic N) is 1. The summed E-state index contributed by atoms with van der Waals surface area (Å²) in [5, 5.41) is 2.98. The van der Waals surface area contributed by atoms with Crippen LogP contribution in [0.2, 0.25) is 0 Å². The van der Waals surface area contributed by atoms with Crippen LogP contribution in [0.15, 0.2) is 66.8 Å². The molecule has 110 valence electrons. The zero-order valence-electron chi connectivity index (χ0n) is 12.3. The number of amides is 1. The summed E-state index contributed by atoms with van der Waals surface area (Å²) < 4.78 is 1.90. The fourth-order valence-electron chi connectivity index (χ4n) is 2.43. The number of hydrogen-bond donors (Lipinski definition) is 1. The maximum Gasteiger partial charge on any atom is 0.268 e. The first-order chi connectivity index (χ1) is 10.8. The van der Waals surface area contributed by atoms with Crippen LogP contribution < -0.4 is 5.32 Å². The third kappa shape index (κ3) is 3.26. The minimum Gasteiger partial charge on any atom is -0.350 e. The minimum atomic E-state index is -0.0511. The number of fused-ring (bicyclic) bond motifs is 1. The number of hydrogen-bond acceptors (Lipinski definition) is 1. The van der Waals surface area contributed by atoms with Gasteiger partial charge in [0.05, 0.1) is 0 Å². The average Bonchev–Trinajstić information content (AvgIpc) is 2.90. The van der Waals surface area contributed by atoms with E-state index >= 15 is 0 Å². The van der Waals surface area contributed by atoms with Gasteiger partial charge in [-0.3, -0.25) is 4.79 Å². The third-order valence-electron chi connectivity index (χ3n) is 3.56. The average molecular weight is 290 g/mol. The summed E-state index contributed by atoms with van der Waals surface area (Å²) in [7, 11) is 0. The van der Waals surface area contributed by atoms with Crippen LogP contribution in [-0.4, -0.2) is 17.0 Å². The van der Waals surface area contributed by atoms with Gasteiger partial charge in [0.25, 0.3) is 5.91 Å². The van der Waals surface area contributed by atoms with Crippen molar-refractivity contribution in [1.82, 2.24) is 9.88 Å². The zero-order valence-corrected chi connectivity index (χ0v) is 12.3. The van der Waals surface area contributed by atoms with Crippen LogP contribution >= 0.6 is 0 Å². The van der Waals surface area contributed by atoms with Crippen LogP contribution in [0.5, 0.6) is 0 Å². The number of carbonyl (C=O) groups is 1. The lowest BCUT2D eigenvalue weighted by Gasteiger charge is -2.08. The Balaban J connectivity index is 1.66. The molecule has 0 radical (unpaired) electrons. The fraction of sp³-hybridized carbons (Fsp3) is 0.105. The second-order valence-electron chi connectivity index (χ2n) is 5.09. The van der Waals surface area contributed by atoms with Gasteiger partial charge in [0.15, 0.2) is 0 Å². The summed E-state index contributed by atoms with van der Waals surface area (Å²) >= 11 is 0. The van der Waals surface area contributed by atoms with Gasteiger partial charge in [0.1, 0.15) is 5.69 Å². The molecule has 3 heteroatoms. The zero-order chi connectivity index (χ0) is 15.2. The molecule has 1 aromatic carbocycles. The van der Waals surface area contributed by atoms with E-state index in [0.29, 0.717) is 12.2 Å². The third-order valence-corrected chi connectivity index (χ3v) is 3.56. The molecule has 0 spiro atoms. The van der Waals surface area contributed by atoms with Crippen molar-refractivity contribution in [1.29, 1.82) is 0 Å². The quantitative estimate of drug-likeness (QED) is 0.918. The van der Waals surface area contributed by atoms with Crippen LogP contribution in [0.25, 0.3) is 12.3 Å². The molecule has 0 fully saturated rings. The molecule has 0 bridgehead atoms. The first-order valence-corrected chi connectivity index (χ1v) is 7.39. The summed E-state index contributed by atoms with van der Waals surface area (Å²) in [6, 6.07) is 14.0. The molecule has 0 saturated heterocycles. The Hall–Kier alpha value is -2.81. The van der Waals surface area contributed by atoms with Crippen molar-refractivity contribution in [2.45, 2.75) is 6.42 Å². The van der Waals surface area contributed by atoms with Gasteiger partial charge >= 0.3 is 0 Å². The molecule has 1 aromatic heterocycles. The summed E-state index contributed by atoms with van der Waals surface area (Å²) in [5.41, 5.74) is 2.87. The van der Waals surface area contributed by atoms with Crippen molar-refractivity contribution in [2.24, 2.45) is 0 Å². The predicted octanol–water partition coefficient (Wildman–Crippen LogP) is 3.51. The molecule has 1 aliphatic heterocycles. The molecule has 3 nitrogen and oxygen atoms in total. The maximum atomic E-state index is 12.4. The molecule has 0 atom stereocenters. The van der Waals surface area contributed by atoms with E-state index < -0.39 is 0 Å². The highest BCUT2D eigenvalue weighted by Crippen LogP contribution is 2.13. The number of nitrogens with one attached hydrogen (secondary N) is 1. The molecule has 3 rings (SSSR count). The highest BCUT2D eigenvalue weighted by atomic mass is 16.1. The Morgan fingerprint density at radius 1 is 0.955 bits per heavy atom. The summed E-state index contributed by atoms with van der Waals surface area (Å²) in [4.78, 5) is 12.4. The lowest BCUT2D eigenvalue weighted by molar-refractivity contribution is 0.0948. The van der Waals surface area contributed by atoms with Crippen molar-refractivity contribution in [2.75, 3.05) is 6.54 Å². The Bertz CT molecular complexity index is 736. The molecule has 2 aromatic rings. The maximum absolute atomic E-state index is 12.4. The van der Waals surface area contributed by atoms with E-state index in [1.165, 1.54) is 5.56 Å². The number of carbonyl (C=O) groups excluding carboxylic acids is 1. The van der Waals surface area contributed by atoms with E-state index in [0.717, 1.165) is 12.1 Å². The van der Waals surface area contributed by atoms with E-state index in [2.05, 4.69) is 17.4 Å². The van der Waals surface area contributed by atoms with Crippen molar-refractivity contribution in [3.63, 3.8) is 0 Å². The number of aromatic nitrogens is 1. The van der Waals surface area contributed by atoms with Gasteiger partial charge in [0.2, 0.25) is 0 Å². The molecule has 0 saturated carbocycles. The Labute approximate surface area is 130 Å².